The average molecular weight is 876 g/mol. The van der Waals surface area contributed by atoms with Gasteiger partial charge in [0.15, 0.2) is 0 Å². The predicted octanol–water partition coefficient (Wildman–Crippen LogP) is 3.52. The summed E-state index contributed by atoms with van der Waals surface area (Å²) in [5.41, 5.74) is -2.32. The minimum Gasteiger partial charge on any atom is -0.870 e. The first-order valence-electron chi connectivity index (χ1n) is 17.6. The van der Waals surface area contributed by atoms with Crippen LogP contribution in [0.2, 0.25) is 0 Å². The number of carboxylic acids is 1. The van der Waals surface area contributed by atoms with Crippen molar-refractivity contribution in [2.75, 3.05) is 33.8 Å². The first-order chi connectivity index (χ1) is 25.1. The minimum absolute atomic E-state index is 0. The molecular formula is C35H56F6KN5O11. The van der Waals surface area contributed by atoms with Crippen molar-refractivity contribution in [3.05, 3.63) is 0 Å². The molecule has 0 aromatic carbocycles. The summed E-state index contributed by atoms with van der Waals surface area (Å²) in [6.45, 7) is 12.6. The number of nitriles is 1. The number of likely N-dealkylation sites (tertiary alicyclic amines) is 3. The number of rotatable bonds is 6. The van der Waals surface area contributed by atoms with Gasteiger partial charge in [0.2, 0.25) is 5.91 Å². The zero-order valence-corrected chi connectivity index (χ0v) is 38.3. The Morgan fingerprint density at radius 2 is 0.966 bits per heavy atom. The van der Waals surface area contributed by atoms with Gasteiger partial charge in [0.25, 0.3) is 17.8 Å². The van der Waals surface area contributed by atoms with Gasteiger partial charge in [-0.05, 0) is 62.3 Å². The molecule has 58 heavy (non-hydrogen) atoms. The maximum absolute atomic E-state index is 13.6. The Bertz CT molecular complexity index is 1450. The summed E-state index contributed by atoms with van der Waals surface area (Å²) in [5, 5.41) is 18.2. The van der Waals surface area contributed by atoms with E-state index in [1.165, 1.54) is 14.2 Å². The minimum atomic E-state index is -3.06. The molecular weight excluding hydrogens is 819 g/mol. The molecule has 3 heterocycles. The van der Waals surface area contributed by atoms with Gasteiger partial charge in [0.05, 0.1) is 57.7 Å². The molecule has 0 aliphatic carbocycles. The van der Waals surface area contributed by atoms with Crippen LogP contribution >= 0.6 is 0 Å². The molecule has 0 radical (unpaired) electrons. The van der Waals surface area contributed by atoms with Crippen LogP contribution in [0.15, 0.2) is 0 Å². The average Bonchev–Trinajstić information content (AvgIpc) is 3.58. The second-order valence-corrected chi connectivity index (χ2v) is 16.7. The van der Waals surface area contributed by atoms with E-state index in [-0.39, 0.29) is 69.7 Å². The van der Waals surface area contributed by atoms with Crippen molar-refractivity contribution in [3.63, 3.8) is 0 Å². The van der Waals surface area contributed by atoms with Crippen LogP contribution in [0.1, 0.15) is 101 Å². The van der Waals surface area contributed by atoms with Gasteiger partial charge >= 0.3 is 75.6 Å². The zero-order chi connectivity index (χ0) is 43.8. The number of hydrogen-bond acceptors (Lipinski definition) is 11. The second-order valence-electron chi connectivity index (χ2n) is 16.7. The molecule has 3 rings (SSSR count). The van der Waals surface area contributed by atoms with Gasteiger partial charge in [-0.1, -0.05) is 0 Å². The number of halogens is 6. The van der Waals surface area contributed by atoms with E-state index < -0.39 is 128 Å². The Morgan fingerprint density at radius 1 is 0.672 bits per heavy atom. The van der Waals surface area contributed by atoms with Gasteiger partial charge in [0, 0.05) is 38.8 Å². The van der Waals surface area contributed by atoms with Crippen molar-refractivity contribution >= 4 is 30.2 Å². The number of nitrogens with zero attached hydrogens (tertiary/aromatic N) is 5. The molecule has 0 saturated carbocycles. The summed E-state index contributed by atoms with van der Waals surface area (Å²) in [7, 11) is 2.68. The molecule has 2 N–H and O–H groups in total. The normalized spacial score (nSPS) is 21.7. The van der Waals surface area contributed by atoms with E-state index in [1.54, 1.807) is 62.3 Å². The number of alkyl halides is 6. The third-order valence-electron chi connectivity index (χ3n) is 7.79. The molecule has 0 unspecified atom stereocenters. The van der Waals surface area contributed by atoms with Crippen molar-refractivity contribution in [3.8, 4) is 6.07 Å². The van der Waals surface area contributed by atoms with E-state index >= 15 is 0 Å². The summed E-state index contributed by atoms with van der Waals surface area (Å²) in [6.07, 6.45) is -5.03. The van der Waals surface area contributed by atoms with Gasteiger partial charge in [-0.15, -0.1) is 0 Å². The van der Waals surface area contributed by atoms with Crippen LogP contribution < -0.4 is 51.4 Å². The molecule has 3 aliphatic heterocycles. The largest absolute Gasteiger partial charge is 1.00 e. The maximum atomic E-state index is 13.6. The number of hydroxylamine groups is 2. The molecule has 0 bridgehead atoms. The predicted molar refractivity (Wildman–Crippen MR) is 188 cm³/mol. The zero-order valence-electron chi connectivity index (χ0n) is 35.2. The van der Waals surface area contributed by atoms with Crippen LogP contribution in [0.3, 0.4) is 0 Å². The van der Waals surface area contributed by atoms with E-state index in [0.29, 0.717) is 0 Å². The molecule has 4 amide bonds. The SMILES string of the molecule is CC(C)(C)OC(=O)N1CC(F)(F)C[C@H]1CC#N.CC(C)(C)OC(=O)N1CC(F)(F)C[C@H]1CC(=O)O.CON(C)C(=O)C[C@@H]1CC(F)(F)CN1C(=O)OC(C)(C)C.[K+].[OH-]. The van der Waals surface area contributed by atoms with Crippen molar-refractivity contribution in [1.29, 1.82) is 5.26 Å². The fourth-order valence-electron chi connectivity index (χ4n) is 5.58. The first kappa shape index (κ1) is 57.5. The third kappa shape index (κ3) is 21.1. The summed E-state index contributed by atoms with van der Waals surface area (Å²) in [6, 6.07) is -0.871. The Hall–Kier alpha value is -2.62. The van der Waals surface area contributed by atoms with Crippen molar-refractivity contribution in [1.82, 2.24) is 19.8 Å². The Labute approximate surface area is 377 Å². The van der Waals surface area contributed by atoms with Gasteiger partial charge in [-0.25, -0.2) is 45.8 Å². The van der Waals surface area contributed by atoms with Crippen molar-refractivity contribution < 1.29 is 131 Å². The molecule has 0 spiro atoms. The molecule has 330 valence electrons. The molecule has 23 heteroatoms. The number of carbonyl (C=O) groups excluding carboxylic acids is 4. The number of aliphatic carboxylic acids is 1. The second kappa shape index (κ2) is 22.3. The molecule has 16 nitrogen and oxygen atoms in total. The molecule has 3 saturated heterocycles. The summed E-state index contributed by atoms with van der Waals surface area (Å²) < 4.78 is 95.2. The van der Waals surface area contributed by atoms with E-state index in [2.05, 4.69) is 0 Å². The van der Waals surface area contributed by atoms with Gasteiger partial charge < -0.3 is 24.8 Å². The standard InChI is InChI=1S/C13H22F2N2O4.C11H16F2N2O2.C11H17F2NO4.K.H2O/c1-12(2,3)21-11(19)17-8-13(14,15)7-9(17)6-10(18)16(4)20-5;1-10(2,3)17-9(16)15-7-11(12,13)6-8(15)4-5-14;1-10(2,3)18-9(17)14-6-11(12,13)5-7(14)4-8(15)16;;/h9H,6-8H2,1-5H3;8H,4,6-7H2,1-3H3;7H,4-6H2,1-3H3,(H,15,16);;1H2/q;;;+1;/p-1/t9-;8-;7-;;/m111../s1. The summed E-state index contributed by atoms with van der Waals surface area (Å²) >= 11 is 0. The number of ether oxygens (including phenoxy) is 3. The number of carboxylic acid groups (broad SMARTS) is 1. The van der Waals surface area contributed by atoms with Crippen LogP contribution in [-0.4, -0.2) is 147 Å². The van der Waals surface area contributed by atoms with Crippen molar-refractivity contribution in [2.24, 2.45) is 0 Å². The van der Waals surface area contributed by atoms with Gasteiger partial charge in [0.1, 0.15) is 16.8 Å². The van der Waals surface area contributed by atoms with Gasteiger partial charge in [-0.3, -0.25) is 29.1 Å². The van der Waals surface area contributed by atoms with E-state index in [0.717, 1.165) is 19.8 Å². The molecule has 3 atom stereocenters. The van der Waals surface area contributed by atoms with Gasteiger partial charge in [-0.2, -0.15) is 5.26 Å². The molecule has 0 aromatic heterocycles. The van der Waals surface area contributed by atoms with Crippen LogP contribution in [-0.2, 0) is 28.6 Å². The van der Waals surface area contributed by atoms with Crippen LogP contribution in [0.5, 0.6) is 0 Å². The summed E-state index contributed by atoms with van der Waals surface area (Å²) in [4.78, 5) is 65.2. The Morgan fingerprint density at radius 3 is 1.24 bits per heavy atom. The Kier molecular flexibility index (Phi) is 22.1. The first-order valence-corrected chi connectivity index (χ1v) is 17.6. The number of amides is 4. The topological polar surface area (TPSA) is 209 Å². The maximum Gasteiger partial charge on any atom is 1.00 e. The molecule has 3 fully saturated rings. The van der Waals surface area contributed by atoms with Crippen molar-refractivity contribution in [2.45, 2.75) is 154 Å². The van der Waals surface area contributed by atoms with Crippen LogP contribution in [0.25, 0.3) is 0 Å². The Balaban J connectivity index is 0. The quantitative estimate of drug-likeness (QED) is 0.176. The van der Waals surface area contributed by atoms with Crippen LogP contribution in [0, 0.1) is 11.3 Å². The smallest absolute Gasteiger partial charge is 0.870 e. The fourth-order valence-corrected chi connectivity index (χ4v) is 5.58. The summed E-state index contributed by atoms with van der Waals surface area (Å²) in [5.74, 6) is -10.7. The van der Waals surface area contributed by atoms with E-state index in [4.69, 9.17) is 29.4 Å². The van der Waals surface area contributed by atoms with E-state index in [1.807, 2.05) is 6.07 Å². The van der Waals surface area contributed by atoms with E-state index in [9.17, 15) is 50.3 Å². The molecule has 3 aliphatic rings. The number of carbonyl (C=O) groups is 5. The fraction of sp³-hybridized carbons (Fsp3) is 0.829. The van der Waals surface area contributed by atoms with Crippen LogP contribution in [0.4, 0.5) is 40.7 Å². The molecule has 0 aromatic rings. The monoisotopic (exact) mass is 875 g/mol. The third-order valence-corrected chi connectivity index (χ3v) is 7.79. The number of hydrogen-bond donors (Lipinski definition) is 1.